The van der Waals surface area contributed by atoms with Crippen molar-refractivity contribution in [2.24, 2.45) is 0 Å². The predicted molar refractivity (Wildman–Crippen MR) is 59.0 cm³/mol. The molecule has 2 aromatic heterocycles. The van der Waals surface area contributed by atoms with Crippen LogP contribution in [-0.4, -0.2) is 16.1 Å². The summed E-state index contributed by atoms with van der Waals surface area (Å²) >= 11 is 0. The molecule has 3 heteroatoms. The highest BCUT2D eigenvalue weighted by Crippen LogP contribution is 2.24. The van der Waals surface area contributed by atoms with Crippen LogP contribution in [0.2, 0.25) is 0 Å². The molecule has 1 fully saturated rings. The Morgan fingerprint density at radius 2 is 2.07 bits per heavy atom. The van der Waals surface area contributed by atoms with Gasteiger partial charge in [-0.2, -0.15) is 0 Å². The minimum atomic E-state index is 0.383. The Bertz CT molecular complexity index is 457. The third-order valence-corrected chi connectivity index (χ3v) is 2.97. The third-order valence-electron chi connectivity index (χ3n) is 2.97. The zero-order valence-electron chi connectivity index (χ0n) is 8.57. The molecule has 0 aromatic carbocycles. The Morgan fingerprint density at radius 3 is 2.93 bits per heavy atom. The number of nitrogens with zero attached hydrogens (tertiary/aromatic N) is 1. The monoisotopic (exact) mass is 202 g/mol. The average molecular weight is 202 g/mol. The quantitative estimate of drug-likeness (QED) is 0.813. The molecule has 0 radical (unpaired) electrons. The molecule has 1 aliphatic carbocycles. The van der Waals surface area contributed by atoms with Crippen molar-refractivity contribution < 1.29 is 4.74 Å². The van der Waals surface area contributed by atoms with Crippen LogP contribution in [0.25, 0.3) is 11.0 Å². The topological polar surface area (TPSA) is 37.9 Å². The number of nitrogens with one attached hydrogen (secondary N) is 1. The minimum absolute atomic E-state index is 0.383. The van der Waals surface area contributed by atoms with Crippen LogP contribution >= 0.6 is 0 Å². The van der Waals surface area contributed by atoms with Crippen LogP contribution in [0.5, 0.6) is 5.88 Å². The van der Waals surface area contributed by atoms with E-state index in [9.17, 15) is 0 Å². The molecular weight excluding hydrogens is 188 g/mol. The maximum atomic E-state index is 5.83. The second-order valence-corrected chi connectivity index (χ2v) is 4.08. The van der Waals surface area contributed by atoms with Crippen LogP contribution in [-0.2, 0) is 0 Å². The molecule has 15 heavy (non-hydrogen) atoms. The molecule has 0 unspecified atom stereocenters. The van der Waals surface area contributed by atoms with E-state index in [0.717, 1.165) is 16.9 Å². The van der Waals surface area contributed by atoms with Gasteiger partial charge in [-0.1, -0.05) is 0 Å². The van der Waals surface area contributed by atoms with Gasteiger partial charge in [0.1, 0.15) is 6.10 Å². The first-order valence-electron chi connectivity index (χ1n) is 5.52. The summed E-state index contributed by atoms with van der Waals surface area (Å²) in [7, 11) is 0. The van der Waals surface area contributed by atoms with E-state index >= 15 is 0 Å². The van der Waals surface area contributed by atoms with Gasteiger partial charge in [0.25, 0.3) is 0 Å². The molecular formula is C12H14N2O. The molecule has 0 atom stereocenters. The standard InChI is InChI=1S/C12H14N2O/c1-2-4-9(3-1)15-12-6-5-10-11(14-12)7-8-13-10/h5-9,13H,1-4H2. The Morgan fingerprint density at radius 1 is 1.20 bits per heavy atom. The number of aromatic amines is 1. The van der Waals surface area contributed by atoms with Crippen LogP contribution in [0.3, 0.4) is 0 Å². The van der Waals surface area contributed by atoms with Gasteiger partial charge < -0.3 is 9.72 Å². The SMILES string of the molecule is c1cc2nc(OC3CCCC3)ccc2[nH]1. The van der Waals surface area contributed by atoms with Crippen LogP contribution < -0.4 is 4.74 Å². The Balaban J connectivity index is 1.84. The van der Waals surface area contributed by atoms with E-state index in [1.54, 1.807) is 0 Å². The van der Waals surface area contributed by atoms with Crippen LogP contribution in [0.4, 0.5) is 0 Å². The highest BCUT2D eigenvalue weighted by molar-refractivity contribution is 5.75. The number of ether oxygens (including phenoxy) is 1. The molecule has 3 nitrogen and oxygen atoms in total. The van der Waals surface area contributed by atoms with Gasteiger partial charge in [-0.05, 0) is 37.8 Å². The van der Waals surface area contributed by atoms with Gasteiger partial charge in [0.15, 0.2) is 0 Å². The minimum Gasteiger partial charge on any atom is -0.474 e. The van der Waals surface area contributed by atoms with Crippen molar-refractivity contribution in [3.05, 3.63) is 24.4 Å². The molecule has 1 aliphatic rings. The molecule has 2 aromatic rings. The molecule has 0 saturated heterocycles. The highest BCUT2D eigenvalue weighted by atomic mass is 16.5. The van der Waals surface area contributed by atoms with Crippen molar-refractivity contribution in [1.82, 2.24) is 9.97 Å². The second-order valence-electron chi connectivity index (χ2n) is 4.08. The van der Waals surface area contributed by atoms with Gasteiger partial charge in [-0.15, -0.1) is 0 Å². The second kappa shape index (κ2) is 3.57. The summed E-state index contributed by atoms with van der Waals surface area (Å²) in [6, 6.07) is 5.93. The van der Waals surface area contributed by atoms with Gasteiger partial charge in [0.2, 0.25) is 5.88 Å². The number of fused-ring (bicyclic) bond motifs is 1. The zero-order chi connectivity index (χ0) is 10.1. The summed E-state index contributed by atoms with van der Waals surface area (Å²) < 4.78 is 5.83. The van der Waals surface area contributed by atoms with E-state index in [2.05, 4.69) is 9.97 Å². The van der Waals surface area contributed by atoms with E-state index in [4.69, 9.17) is 4.74 Å². The first-order chi connectivity index (χ1) is 7.42. The van der Waals surface area contributed by atoms with Gasteiger partial charge in [0.05, 0.1) is 11.0 Å². The zero-order valence-corrected chi connectivity index (χ0v) is 8.57. The Kier molecular flexibility index (Phi) is 2.09. The van der Waals surface area contributed by atoms with Gasteiger partial charge in [0, 0.05) is 12.3 Å². The number of pyridine rings is 1. The van der Waals surface area contributed by atoms with E-state index < -0.39 is 0 Å². The molecule has 0 aliphatic heterocycles. The lowest BCUT2D eigenvalue weighted by Crippen LogP contribution is -2.11. The summed E-state index contributed by atoms with van der Waals surface area (Å²) in [5.74, 6) is 0.758. The number of rotatable bonds is 2. The molecule has 1 saturated carbocycles. The number of hydrogen-bond acceptors (Lipinski definition) is 2. The van der Waals surface area contributed by atoms with E-state index in [0.29, 0.717) is 6.10 Å². The Labute approximate surface area is 88.5 Å². The van der Waals surface area contributed by atoms with Gasteiger partial charge in [-0.25, -0.2) is 4.98 Å². The van der Waals surface area contributed by atoms with Gasteiger partial charge in [-0.3, -0.25) is 0 Å². The van der Waals surface area contributed by atoms with Crippen LogP contribution in [0.15, 0.2) is 24.4 Å². The molecule has 0 amide bonds. The highest BCUT2D eigenvalue weighted by Gasteiger charge is 2.16. The van der Waals surface area contributed by atoms with Crippen molar-refractivity contribution in [2.45, 2.75) is 31.8 Å². The van der Waals surface area contributed by atoms with Crippen molar-refractivity contribution in [3.8, 4) is 5.88 Å². The van der Waals surface area contributed by atoms with Crippen molar-refractivity contribution >= 4 is 11.0 Å². The van der Waals surface area contributed by atoms with Crippen molar-refractivity contribution in [2.75, 3.05) is 0 Å². The Hall–Kier alpha value is -1.51. The van der Waals surface area contributed by atoms with E-state index in [1.807, 2.05) is 24.4 Å². The fourth-order valence-corrected chi connectivity index (χ4v) is 2.16. The van der Waals surface area contributed by atoms with Crippen molar-refractivity contribution in [3.63, 3.8) is 0 Å². The molecule has 78 valence electrons. The fourth-order valence-electron chi connectivity index (χ4n) is 2.16. The lowest BCUT2D eigenvalue weighted by atomic mass is 10.3. The summed E-state index contributed by atoms with van der Waals surface area (Å²) in [6.07, 6.45) is 7.21. The maximum Gasteiger partial charge on any atom is 0.214 e. The first-order valence-corrected chi connectivity index (χ1v) is 5.52. The van der Waals surface area contributed by atoms with E-state index in [-0.39, 0.29) is 0 Å². The normalized spacial score (nSPS) is 17.3. The maximum absolute atomic E-state index is 5.83. The third kappa shape index (κ3) is 1.69. The van der Waals surface area contributed by atoms with Crippen LogP contribution in [0, 0.1) is 0 Å². The lowest BCUT2D eigenvalue weighted by molar-refractivity contribution is 0.202. The molecule has 0 bridgehead atoms. The summed E-state index contributed by atoms with van der Waals surface area (Å²) in [4.78, 5) is 7.57. The summed E-state index contributed by atoms with van der Waals surface area (Å²) in [5, 5.41) is 0. The van der Waals surface area contributed by atoms with E-state index in [1.165, 1.54) is 25.7 Å². The molecule has 3 rings (SSSR count). The number of hydrogen-bond donors (Lipinski definition) is 1. The first kappa shape index (κ1) is 8.77. The largest absolute Gasteiger partial charge is 0.474 e. The van der Waals surface area contributed by atoms with Gasteiger partial charge >= 0.3 is 0 Å². The molecule has 2 heterocycles. The number of H-pyrrole nitrogens is 1. The lowest BCUT2D eigenvalue weighted by Gasteiger charge is -2.11. The number of aromatic nitrogens is 2. The summed E-state index contributed by atoms with van der Waals surface area (Å²) in [5.41, 5.74) is 2.04. The smallest absolute Gasteiger partial charge is 0.214 e. The van der Waals surface area contributed by atoms with Crippen molar-refractivity contribution in [1.29, 1.82) is 0 Å². The molecule has 0 spiro atoms. The summed E-state index contributed by atoms with van der Waals surface area (Å²) in [6.45, 7) is 0. The predicted octanol–water partition coefficient (Wildman–Crippen LogP) is 2.88. The molecule has 1 N–H and O–H groups in total. The van der Waals surface area contributed by atoms with Crippen LogP contribution in [0.1, 0.15) is 25.7 Å². The average Bonchev–Trinajstić information content (AvgIpc) is 2.87. The fraction of sp³-hybridized carbons (Fsp3) is 0.417.